The van der Waals surface area contributed by atoms with E-state index in [4.69, 9.17) is 0 Å². The predicted octanol–water partition coefficient (Wildman–Crippen LogP) is 2.31. The van der Waals surface area contributed by atoms with Gasteiger partial charge in [-0.3, -0.25) is 0 Å². The average Bonchev–Trinajstić information content (AvgIpc) is 2.78. The molecule has 3 heterocycles. The Balaban J connectivity index is 2.35. The van der Waals surface area contributed by atoms with E-state index in [0.29, 0.717) is 11.5 Å². The maximum absolute atomic E-state index is 11.9. The number of rotatable bonds is 2. The van der Waals surface area contributed by atoms with Crippen molar-refractivity contribution in [3.63, 3.8) is 0 Å². The molecule has 19 heavy (non-hydrogen) atoms. The van der Waals surface area contributed by atoms with Gasteiger partial charge in [0.25, 0.3) is 5.69 Å². The van der Waals surface area contributed by atoms with E-state index in [0.717, 1.165) is 15.9 Å². The fraction of sp³-hybridized carbons (Fsp3) is 0.214. The number of hydrogen-bond donors (Lipinski definition) is 0. The third-order valence-electron chi connectivity index (χ3n) is 3.02. The van der Waals surface area contributed by atoms with Crippen LogP contribution in [0.2, 0.25) is 0 Å². The lowest BCUT2D eigenvalue weighted by Crippen LogP contribution is -2.29. The summed E-state index contributed by atoms with van der Waals surface area (Å²) >= 11 is 0. The van der Waals surface area contributed by atoms with Crippen molar-refractivity contribution in [1.29, 1.82) is 0 Å². The summed E-state index contributed by atoms with van der Waals surface area (Å²) in [6, 6.07) is 9.24. The zero-order valence-electron chi connectivity index (χ0n) is 10.8. The Kier molecular flexibility index (Phi) is 2.67. The van der Waals surface area contributed by atoms with Crippen molar-refractivity contribution in [2.24, 2.45) is 0 Å². The predicted molar refractivity (Wildman–Crippen MR) is 72.3 cm³/mol. The van der Waals surface area contributed by atoms with Crippen molar-refractivity contribution in [1.82, 2.24) is 14.5 Å². The molecule has 0 radical (unpaired) electrons. The van der Waals surface area contributed by atoms with E-state index in [1.54, 1.807) is 18.3 Å². The molecule has 0 bridgehead atoms. The van der Waals surface area contributed by atoms with Gasteiger partial charge in [-0.15, -0.1) is 0 Å². The van der Waals surface area contributed by atoms with E-state index in [-0.39, 0.29) is 6.04 Å². The normalized spacial score (nSPS) is 11.3. The quantitative estimate of drug-likeness (QED) is 0.521. The summed E-state index contributed by atoms with van der Waals surface area (Å²) in [5, 5.41) is 11.9. The smallest absolute Gasteiger partial charge is 0.259 e. The summed E-state index contributed by atoms with van der Waals surface area (Å²) in [4.78, 5) is 8.91. The number of pyridine rings is 2. The van der Waals surface area contributed by atoms with Gasteiger partial charge < -0.3 is 9.77 Å². The summed E-state index contributed by atoms with van der Waals surface area (Å²) in [5.74, 6) is 0.652. The van der Waals surface area contributed by atoms with Gasteiger partial charge in [0.05, 0.1) is 0 Å². The first kappa shape index (κ1) is 11.6. The zero-order chi connectivity index (χ0) is 13.4. The molecular weight excluding hydrogens is 240 g/mol. The van der Waals surface area contributed by atoms with Crippen LogP contribution in [0.5, 0.6) is 0 Å². The van der Waals surface area contributed by atoms with Crippen LogP contribution in [0.4, 0.5) is 0 Å². The van der Waals surface area contributed by atoms with Gasteiger partial charge in [0.2, 0.25) is 5.82 Å². The van der Waals surface area contributed by atoms with Crippen LogP contribution < -0.4 is 4.73 Å². The van der Waals surface area contributed by atoms with Crippen molar-refractivity contribution in [3.8, 4) is 11.5 Å². The van der Waals surface area contributed by atoms with Crippen LogP contribution in [-0.4, -0.2) is 14.5 Å². The zero-order valence-corrected chi connectivity index (χ0v) is 10.8. The second-order valence-corrected chi connectivity index (χ2v) is 4.66. The van der Waals surface area contributed by atoms with Crippen LogP contribution in [0.15, 0.2) is 42.7 Å². The van der Waals surface area contributed by atoms with Crippen molar-refractivity contribution in [2.75, 3.05) is 0 Å². The average molecular weight is 254 g/mol. The molecular formula is C14H14N4O. The molecule has 0 aliphatic heterocycles. The first-order chi connectivity index (χ1) is 9.18. The molecule has 0 aliphatic rings. The molecule has 5 nitrogen and oxygen atoms in total. The van der Waals surface area contributed by atoms with Gasteiger partial charge in [-0.25, -0.2) is 9.97 Å². The number of imidazole rings is 1. The Labute approximate surface area is 110 Å². The SMILES string of the molecule is CC(C)n1c(-c2cccc[n+]2[O-])nc2cccnc21. The Morgan fingerprint density at radius 3 is 2.79 bits per heavy atom. The van der Waals surface area contributed by atoms with E-state index < -0.39 is 0 Å². The van der Waals surface area contributed by atoms with Crippen LogP contribution >= 0.6 is 0 Å². The minimum absolute atomic E-state index is 0.176. The van der Waals surface area contributed by atoms with Gasteiger partial charge in [-0.1, -0.05) is 0 Å². The molecule has 0 spiro atoms. The summed E-state index contributed by atoms with van der Waals surface area (Å²) in [5.41, 5.74) is 2.14. The molecule has 0 amide bonds. The van der Waals surface area contributed by atoms with Crippen molar-refractivity contribution in [3.05, 3.63) is 47.9 Å². The van der Waals surface area contributed by atoms with Crippen LogP contribution in [0.25, 0.3) is 22.7 Å². The second-order valence-electron chi connectivity index (χ2n) is 4.66. The van der Waals surface area contributed by atoms with E-state index >= 15 is 0 Å². The minimum atomic E-state index is 0.176. The molecule has 0 N–H and O–H groups in total. The van der Waals surface area contributed by atoms with Crippen LogP contribution in [-0.2, 0) is 0 Å². The van der Waals surface area contributed by atoms with Crippen LogP contribution in [0.1, 0.15) is 19.9 Å². The maximum Gasteiger partial charge on any atom is 0.259 e. The van der Waals surface area contributed by atoms with Gasteiger partial charge in [0, 0.05) is 24.4 Å². The molecule has 0 atom stereocenters. The molecule has 0 saturated heterocycles. The molecule has 0 unspecified atom stereocenters. The van der Waals surface area contributed by atoms with E-state index in [9.17, 15) is 5.21 Å². The molecule has 0 fully saturated rings. The molecule has 0 aliphatic carbocycles. The standard InChI is InChI=1S/C14H14N4O/c1-10(2)18-13-11(6-5-8-15-13)16-14(18)12-7-3-4-9-17(12)19/h3-10H,1-2H3. The number of nitrogens with zero attached hydrogens (tertiary/aromatic N) is 4. The van der Waals surface area contributed by atoms with E-state index in [1.165, 1.54) is 6.20 Å². The van der Waals surface area contributed by atoms with E-state index in [2.05, 4.69) is 23.8 Å². The fourth-order valence-electron chi connectivity index (χ4n) is 2.20. The van der Waals surface area contributed by atoms with Gasteiger partial charge in [-0.05, 0) is 32.0 Å². The highest BCUT2D eigenvalue weighted by Crippen LogP contribution is 2.24. The lowest BCUT2D eigenvalue weighted by Gasteiger charge is -2.11. The summed E-state index contributed by atoms with van der Waals surface area (Å²) in [6.45, 7) is 4.11. The highest BCUT2D eigenvalue weighted by atomic mass is 16.5. The molecule has 5 heteroatoms. The summed E-state index contributed by atoms with van der Waals surface area (Å²) in [7, 11) is 0. The maximum atomic E-state index is 11.9. The van der Waals surface area contributed by atoms with Gasteiger partial charge in [-0.2, -0.15) is 4.73 Å². The second kappa shape index (κ2) is 4.35. The third kappa shape index (κ3) is 1.83. The first-order valence-corrected chi connectivity index (χ1v) is 6.20. The molecule has 3 rings (SSSR count). The number of fused-ring (bicyclic) bond motifs is 1. The first-order valence-electron chi connectivity index (χ1n) is 6.20. The Morgan fingerprint density at radius 2 is 2.05 bits per heavy atom. The Hall–Kier alpha value is -2.43. The Morgan fingerprint density at radius 1 is 1.21 bits per heavy atom. The largest absolute Gasteiger partial charge is 0.618 e. The lowest BCUT2D eigenvalue weighted by molar-refractivity contribution is -0.594. The third-order valence-corrected chi connectivity index (χ3v) is 3.02. The van der Waals surface area contributed by atoms with Crippen LogP contribution in [0.3, 0.4) is 0 Å². The number of hydrogen-bond acceptors (Lipinski definition) is 3. The molecule has 96 valence electrons. The Bertz CT molecular complexity index is 733. The highest BCUT2D eigenvalue weighted by Gasteiger charge is 2.20. The van der Waals surface area contributed by atoms with Crippen molar-refractivity contribution < 1.29 is 4.73 Å². The summed E-state index contributed by atoms with van der Waals surface area (Å²) < 4.78 is 2.82. The topological polar surface area (TPSA) is 57.6 Å². The monoisotopic (exact) mass is 254 g/mol. The van der Waals surface area contributed by atoms with Gasteiger partial charge in [0.1, 0.15) is 5.52 Å². The van der Waals surface area contributed by atoms with Gasteiger partial charge in [0.15, 0.2) is 11.8 Å². The molecule has 0 aromatic carbocycles. The van der Waals surface area contributed by atoms with Crippen LogP contribution in [0, 0.1) is 5.21 Å². The van der Waals surface area contributed by atoms with Gasteiger partial charge >= 0.3 is 0 Å². The molecule has 3 aromatic heterocycles. The molecule has 3 aromatic rings. The summed E-state index contributed by atoms with van der Waals surface area (Å²) in [6.07, 6.45) is 3.22. The highest BCUT2D eigenvalue weighted by molar-refractivity contribution is 5.75. The minimum Gasteiger partial charge on any atom is -0.618 e. The molecule has 0 saturated carbocycles. The van der Waals surface area contributed by atoms with Crippen molar-refractivity contribution in [2.45, 2.75) is 19.9 Å². The van der Waals surface area contributed by atoms with E-state index in [1.807, 2.05) is 22.8 Å². The fourth-order valence-corrected chi connectivity index (χ4v) is 2.20. The number of aromatic nitrogens is 4. The lowest BCUT2D eigenvalue weighted by atomic mass is 10.3. The van der Waals surface area contributed by atoms with Crippen molar-refractivity contribution >= 4 is 11.2 Å².